The van der Waals surface area contributed by atoms with Crippen LogP contribution in [0.5, 0.6) is 11.5 Å². The Morgan fingerprint density at radius 1 is 0.978 bits per heavy atom. The van der Waals surface area contributed by atoms with E-state index >= 15 is 0 Å². The van der Waals surface area contributed by atoms with Gasteiger partial charge in [0, 0.05) is 33.4 Å². The van der Waals surface area contributed by atoms with Crippen molar-refractivity contribution in [2.45, 2.75) is 58.4 Å². The number of hydrogen-bond donors (Lipinski definition) is 1. The number of sulfonamides is 1. The van der Waals surface area contributed by atoms with Gasteiger partial charge in [-0.2, -0.15) is 0 Å². The molecule has 0 aliphatic carbocycles. The molecule has 240 valence electrons. The molecule has 1 N–H and O–H groups in total. The van der Waals surface area contributed by atoms with Crippen LogP contribution in [0.3, 0.4) is 0 Å². The maximum absolute atomic E-state index is 13.4. The largest absolute Gasteiger partial charge is 0.573 e. The lowest BCUT2D eigenvalue weighted by Gasteiger charge is -2.28. The fourth-order valence-electron chi connectivity index (χ4n) is 5.22. The summed E-state index contributed by atoms with van der Waals surface area (Å²) in [4.78, 5) is 13.8. The van der Waals surface area contributed by atoms with E-state index in [9.17, 15) is 26.4 Å². The molecule has 7 nitrogen and oxygen atoms in total. The number of alkyl halides is 3. The zero-order valence-electron chi connectivity index (χ0n) is 25.0. The molecule has 1 aromatic heterocycles. The summed E-state index contributed by atoms with van der Waals surface area (Å²) >= 11 is 7.74. The van der Waals surface area contributed by atoms with Crippen molar-refractivity contribution in [3.05, 3.63) is 81.7 Å². The predicted molar refractivity (Wildman–Crippen MR) is 173 cm³/mol. The quantitative estimate of drug-likeness (QED) is 0.201. The number of rotatable bonds is 8. The summed E-state index contributed by atoms with van der Waals surface area (Å²) in [7, 11) is -3.37. The van der Waals surface area contributed by atoms with Crippen molar-refractivity contribution < 1.29 is 35.9 Å². The van der Waals surface area contributed by atoms with Crippen LogP contribution in [0.25, 0.3) is 10.1 Å². The third-order valence-electron chi connectivity index (χ3n) is 7.45. The number of benzene rings is 3. The van der Waals surface area contributed by atoms with Crippen molar-refractivity contribution in [2.24, 2.45) is 0 Å². The molecule has 0 saturated carbocycles. The number of halogens is 4. The Kier molecular flexibility index (Phi) is 9.05. The van der Waals surface area contributed by atoms with Crippen molar-refractivity contribution in [2.75, 3.05) is 21.9 Å². The van der Waals surface area contributed by atoms with Crippen molar-refractivity contribution in [3.63, 3.8) is 0 Å². The Balaban J connectivity index is 1.42. The van der Waals surface area contributed by atoms with Crippen LogP contribution in [0.15, 0.2) is 60.7 Å². The van der Waals surface area contributed by atoms with Crippen LogP contribution in [0.1, 0.15) is 61.3 Å². The number of fused-ring (bicyclic) bond motifs is 1. The Hall–Kier alpha value is -3.48. The van der Waals surface area contributed by atoms with Crippen LogP contribution >= 0.6 is 22.9 Å². The molecule has 1 amide bonds. The molecule has 0 bridgehead atoms. The molecule has 3 aromatic carbocycles. The van der Waals surface area contributed by atoms with E-state index in [1.54, 1.807) is 56.3 Å². The highest BCUT2D eigenvalue weighted by atomic mass is 35.5. The van der Waals surface area contributed by atoms with Gasteiger partial charge in [0.15, 0.2) is 0 Å². The number of ether oxygens (including phenoxy) is 2. The van der Waals surface area contributed by atoms with Gasteiger partial charge in [0.05, 0.1) is 22.4 Å². The van der Waals surface area contributed by atoms with Crippen molar-refractivity contribution in [1.29, 1.82) is 0 Å². The maximum atomic E-state index is 13.4. The van der Waals surface area contributed by atoms with E-state index in [-0.39, 0.29) is 23.5 Å². The summed E-state index contributed by atoms with van der Waals surface area (Å²) < 4.78 is 76.7. The number of thiophene rings is 1. The molecule has 0 atom stereocenters. The van der Waals surface area contributed by atoms with Crippen LogP contribution in [-0.4, -0.2) is 39.1 Å². The number of anilines is 2. The second-order valence-corrected chi connectivity index (χ2v) is 15.2. The Labute approximate surface area is 269 Å². The van der Waals surface area contributed by atoms with Gasteiger partial charge < -0.3 is 14.8 Å². The van der Waals surface area contributed by atoms with Gasteiger partial charge in [-0.3, -0.25) is 9.10 Å². The first kappa shape index (κ1) is 32.9. The molecule has 0 spiro atoms. The molecular formula is C32H32ClF3N2O5S2. The van der Waals surface area contributed by atoms with Gasteiger partial charge in [0.1, 0.15) is 11.5 Å². The first-order valence-corrected chi connectivity index (χ1v) is 17.0. The maximum Gasteiger partial charge on any atom is 0.573 e. The van der Waals surface area contributed by atoms with Gasteiger partial charge in [0.25, 0.3) is 5.91 Å². The Bertz CT molecular complexity index is 1860. The summed E-state index contributed by atoms with van der Waals surface area (Å²) in [6.45, 7) is 7.60. The van der Waals surface area contributed by atoms with Gasteiger partial charge in [-0.1, -0.05) is 25.4 Å². The van der Waals surface area contributed by atoms with Gasteiger partial charge >= 0.3 is 6.36 Å². The van der Waals surface area contributed by atoms with Crippen LogP contribution in [0.4, 0.5) is 24.5 Å². The summed E-state index contributed by atoms with van der Waals surface area (Å²) in [5.41, 5.74) is 1.20. The van der Waals surface area contributed by atoms with Gasteiger partial charge in [0.2, 0.25) is 10.0 Å². The Morgan fingerprint density at radius 3 is 2.38 bits per heavy atom. The fraction of sp³-hybridized carbons (Fsp3) is 0.344. The van der Waals surface area contributed by atoms with E-state index in [0.29, 0.717) is 45.4 Å². The molecule has 2 heterocycles. The number of hydrogen-bond acceptors (Lipinski definition) is 6. The topological polar surface area (TPSA) is 84.9 Å². The first-order chi connectivity index (χ1) is 21.0. The molecule has 0 radical (unpaired) electrons. The van der Waals surface area contributed by atoms with Crippen molar-refractivity contribution >= 4 is 60.3 Å². The molecule has 5 rings (SSSR count). The summed E-state index contributed by atoms with van der Waals surface area (Å²) in [6.07, 6.45) is -3.75. The van der Waals surface area contributed by atoms with Gasteiger partial charge in [-0.05, 0) is 97.8 Å². The summed E-state index contributed by atoms with van der Waals surface area (Å²) in [5.74, 6) is -0.468. The summed E-state index contributed by atoms with van der Waals surface area (Å²) in [6, 6.07) is 16.2. The highest BCUT2D eigenvalue weighted by Crippen LogP contribution is 2.40. The number of carbonyl (C=O) groups is 1. The molecule has 13 heteroatoms. The zero-order chi connectivity index (χ0) is 32.7. The minimum Gasteiger partial charge on any atom is -0.491 e. The highest BCUT2D eigenvalue weighted by Gasteiger charge is 2.33. The second kappa shape index (κ2) is 12.4. The predicted octanol–water partition coefficient (Wildman–Crippen LogP) is 8.75. The minimum atomic E-state index is -4.88. The van der Waals surface area contributed by atoms with E-state index in [0.717, 1.165) is 16.5 Å². The number of nitrogens with one attached hydrogen (secondary N) is 1. The molecule has 0 unspecified atom stereocenters. The Morgan fingerprint density at radius 2 is 1.69 bits per heavy atom. The van der Waals surface area contributed by atoms with E-state index in [1.165, 1.54) is 27.8 Å². The second-order valence-electron chi connectivity index (χ2n) is 11.6. The van der Waals surface area contributed by atoms with E-state index < -0.39 is 27.6 Å². The molecule has 1 aliphatic rings. The van der Waals surface area contributed by atoms with Crippen LogP contribution in [-0.2, 0) is 15.4 Å². The summed E-state index contributed by atoms with van der Waals surface area (Å²) in [5, 5.41) is 3.94. The van der Waals surface area contributed by atoms with Crippen LogP contribution in [0.2, 0.25) is 5.02 Å². The molecule has 1 aliphatic heterocycles. The third-order valence-corrected chi connectivity index (χ3v) is 10.6. The lowest BCUT2D eigenvalue weighted by molar-refractivity contribution is -0.274. The monoisotopic (exact) mass is 680 g/mol. The van der Waals surface area contributed by atoms with Crippen molar-refractivity contribution in [3.8, 4) is 11.5 Å². The third kappa shape index (κ3) is 7.67. The first-order valence-electron chi connectivity index (χ1n) is 14.2. The number of amides is 1. The van der Waals surface area contributed by atoms with Crippen LogP contribution in [0, 0.1) is 0 Å². The van der Waals surface area contributed by atoms with Crippen LogP contribution < -0.4 is 19.1 Å². The van der Waals surface area contributed by atoms with E-state index in [4.69, 9.17) is 16.3 Å². The highest BCUT2D eigenvalue weighted by molar-refractivity contribution is 7.92. The minimum absolute atomic E-state index is 0.112. The number of carbonyl (C=O) groups excluding carboxylic acids is 1. The average Bonchev–Trinajstić information content (AvgIpc) is 3.35. The lowest BCUT2D eigenvalue weighted by Crippen LogP contribution is -2.37. The average molecular weight is 681 g/mol. The van der Waals surface area contributed by atoms with Gasteiger partial charge in [-0.15, -0.1) is 24.5 Å². The van der Waals surface area contributed by atoms with Gasteiger partial charge in [-0.25, -0.2) is 8.42 Å². The van der Waals surface area contributed by atoms with Crippen molar-refractivity contribution in [1.82, 2.24) is 0 Å². The van der Waals surface area contributed by atoms with E-state index in [2.05, 4.69) is 10.1 Å². The van der Waals surface area contributed by atoms with E-state index in [1.807, 2.05) is 19.9 Å². The molecular weight excluding hydrogens is 649 g/mol. The molecule has 1 saturated heterocycles. The smallest absolute Gasteiger partial charge is 0.491 e. The molecule has 45 heavy (non-hydrogen) atoms. The lowest BCUT2D eigenvalue weighted by atomic mass is 9.78. The number of nitrogens with zero attached hydrogens (tertiary/aromatic N) is 1. The molecule has 1 fully saturated rings. The fourth-order valence-corrected chi connectivity index (χ4v) is 8.03. The molecule has 4 aromatic rings. The SMILES string of the molecule is CC(C)Oc1cc(OC(F)(F)F)cc(C(C)(C)c2cc(Cl)cc(NC(=O)c3cc4cc(N5CCCCS5(=O)=O)ccc4s3)c2)c1. The zero-order valence-corrected chi connectivity index (χ0v) is 27.4. The normalized spacial score (nSPS) is 15.4. The standard InChI is InChI=1S/C32H32ClF3N2O5S2/c1-19(2)42-26-15-22(16-27(18-26)43-32(34,35)36)31(3,4)21-13-23(33)17-24(14-21)37-30(39)29-12-20-11-25(7-8-28(20)44-29)38-9-5-6-10-45(38,40)41/h7-8,11-19H,5-6,9-10H2,1-4H3,(H,37,39).